The highest BCUT2D eigenvalue weighted by atomic mass is 16.5. The smallest absolute Gasteiger partial charge is 0.251 e. The number of amides is 1. The van der Waals surface area contributed by atoms with Crippen molar-refractivity contribution in [1.82, 2.24) is 15.3 Å². The maximum atomic E-state index is 12.3. The number of ether oxygens (including phenoxy) is 2. The van der Waals surface area contributed by atoms with Gasteiger partial charge in [0.2, 0.25) is 11.8 Å². The fourth-order valence-electron chi connectivity index (χ4n) is 2.98. The van der Waals surface area contributed by atoms with Crippen LogP contribution in [0.2, 0.25) is 0 Å². The van der Waals surface area contributed by atoms with Crippen LogP contribution in [0.3, 0.4) is 0 Å². The molecular formula is C19H20N4O3. The van der Waals surface area contributed by atoms with Gasteiger partial charge in [-0.25, -0.2) is 0 Å². The van der Waals surface area contributed by atoms with Crippen molar-refractivity contribution in [2.45, 2.75) is 37.8 Å². The third-order valence-corrected chi connectivity index (χ3v) is 4.35. The molecule has 0 aliphatic heterocycles. The monoisotopic (exact) mass is 352 g/mol. The topological polar surface area (TPSA) is 97.1 Å². The van der Waals surface area contributed by atoms with Gasteiger partial charge in [-0.05, 0) is 43.9 Å². The molecule has 134 valence electrons. The Morgan fingerprint density at radius 1 is 1.23 bits per heavy atom. The molecule has 0 bridgehead atoms. The fourth-order valence-corrected chi connectivity index (χ4v) is 2.98. The van der Waals surface area contributed by atoms with E-state index in [9.17, 15) is 4.79 Å². The van der Waals surface area contributed by atoms with Crippen LogP contribution in [0, 0.1) is 11.3 Å². The van der Waals surface area contributed by atoms with Crippen LogP contribution < -0.4 is 14.8 Å². The zero-order valence-electron chi connectivity index (χ0n) is 14.5. The standard InChI is InChI=1S/C19H20N4O3/c1-25-17-11-21-12-18(23-17)26-16-7-5-15(6-8-16)22-19(24)14-4-2-3-13(9-14)10-20/h2-4,9,11-12,15-16H,5-8H2,1H3,(H,22,24). The van der Waals surface area contributed by atoms with E-state index in [-0.39, 0.29) is 18.1 Å². The second-order valence-corrected chi connectivity index (χ2v) is 6.16. The highest BCUT2D eigenvalue weighted by Crippen LogP contribution is 2.23. The SMILES string of the molecule is COc1cncc(OC2CCC(NC(=O)c3cccc(C#N)c3)CC2)n1. The normalized spacial score (nSPS) is 19.2. The summed E-state index contributed by atoms with van der Waals surface area (Å²) in [5.74, 6) is 0.721. The quantitative estimate of drug-likeness (QED) is 0.888. The van der Waals surface area contributed by atoms with Gasteiger partial charge in [0.25, 0.3) is 5.91 Å². The summed E-state index contributed by atoms with van der Waals surface area (Å²) in [7, 11) is 1.54. The van der Waals surface area contributed by atoms with E-state index in [2.05, 4.69) is 15.3 Å². The molecule has 1 N–H and O–H groups in total. The van der Waals surface area contributed by atoms with E-state index in [4.69, 9.17) is 14.7 Å². The summed E-state index contributed by atoms with van der Waals surface area (Å²) in [5, 5.41) is 12.0. The Morgan fingerprint density at radius 2 is 2.00 bits per heavy atom. The van der Waals surface area contributed by atoms with Crippen LogP contribution >= 0.6 is 0 Å². The van der Waals surface area contributed by atoms with Crippen LogP contribution in [0.5, 0.6) is 11.8 Å². The van der Waals surface area contributed by atoms with Crippen molar-refractivity contribution in [2.75, 3.05) is 7.11 Å². The van der Waals surface area contributed by atoms with E-state index in [1.165, 1.54) is 13.3 Å². The van der Waals surface area contributed by atoms with E-state index < -0.39 is 0 Å². The van der Waals surface area contributed by atoms with Gasteiger partial charge in [-0.1, -0.05) is 6.07 Å². The summed E-state index contributed by atoms with van der Waals surface area (Å²) in [6.45, 7) is 0. The zero-order chi connectivity index (χ0) is 18.4. The van der Waals surface area contributed by atoms with Gasteiger partial charge in [-0.3, -0.25) is 9.78 Å². The van der Waals surface area contributed by atoms with Crippen LogP contribution in [0.15, 0.2) is 36.7 Å². The molecule has 1 aromatic heterocycles. The van der Waals surface area contributed by atoms with Crippen LogP contribution in [-0.2, 0) is 0 Å². The molecule has 1 heterocycles. The van der Waals surface area contributed by atoms with Gasteiger partial charge in [0.15, 0.2) is 0 Å². The Morgan fingerprint density at radius 3 is 2.73 bits per heavy atom. The molecule has 7 nitrogen and oxygen atoms in total. The molecule has 2 aromatic rings. The maximum Gasteiger partial charge on any atom is 0.251 e. The van der Waals surface area contributed by atoms with E-state index in [0.717, 1.165) is 25.7 Å². The molecule has 0 radical (unpaired) electrons. The lowest BCUT2D eigenvalue weighted by molar-refractivity contribution is 0.0889. The van der Waals surface area contributed by atoms with Gasteiger partial charge in [0.1, 0.15) is 6.10 Å². The number of benzene rings is 1. The molecule has 1 aromatic carbocycles. The first-order valence-corrected chi connectivity index (χ1v) is 8.51. The van der Waals surface area contributed by atoms with Gasteiger partial charge in [0, 0.05) is 11.6 Å². The summed E-state index contributed by atoms with van der Waals surface area (Å²) >= 11 is 0. The number of hydrogen-bond donors (Lipinski definition) is 1. The lowest BCUT2D eigenvalue weighted by Crippen LogP contribution is -2.39. The summed E-state index contributed by atoms with van der Waals surface area (Å²) in [4.78, 5) is 20.6. The average Bonchev–Trinajstić information content (AvgIpc) is 2.69. The van der Waals surface area contributed by atoms with Gasteiger partial charge in [-0.2, -0.15) is 10.2 Å². The molecule has 1 aliphatic rings. The minimum absolute atomic E-state index is 0.0477. The van der Waals surface area contributed by atoms with Crippen LogP contribution in [0.25, 0.3) is 0 Å². The number of hydrogen-bond acceptors (Lipinski definition) is 6. The second kappa shape index (κ2) is 8.30. The Balaban J connectivity index is 1.50. The minimum Gasteiger partial charge on any atom is -0.480 e. The molecule has 1 aliphatic carbocycles. The average molecular weight is 352 g/mol. The Bertz CT molecular complexity index is 810. The molecule has 7 heteroatoms. The van der Waals surface area contributed by atoms with E-state index in [1.807, 2.05) is 6.07 Å². The van der Waals surface area contributed by atoms with Crippen LogP contribution in [0.1, 0.15) is 41.6 Å². The Labute approximate surface area is 152 Å². The number of nitrogens with one attached hydrogen (secondary N) is 1. The number of aromatic nitrogens is 2. The number of carbonyl (C=O) groups excluding carboxylic acids is 1. The zero-order valence-corrected chi connectivity index (χ0v) is 14.5. The van der Waals surface area contributed by atoms with Crippen LogP contribution in [0.4, 0.5) is 0 Å². The predicted octanol–water partition coefficient (Wildman–Crippen LogP) is 2.48. The highest BCUT2D eigenvalue weighted by Gasteiger charge is 2.24. The highest BCUT2D eigenvalue weighted by molar-refractivity contribution is 5.94. The van der Waals surface area contributed by atoms with Crippen molar-refractivity contribution < 1.29 is 14.3 Å². The number of carbonyl (C=O) groups is 1. The summed E-state index contributed by atoms with van der Waals surface area (Å²) < 4.78 is 10.9. The molecule has 1 amide bonds. The summed E-state index contributed by atoms with van der Waals surface area (Å²) in [5.41, 5.74) is 0.989. The molecule has 0 unspecified atom stereocenters. The molecule has 1 fully saturated rings. The number of rotatable bonds is 5. The molecule has 0 atom stereocenters. The first-order chi connectivity index (χ1) is 12.7. The van der Waals surface area contributed by atoms with Crippen molar-refractivity contribution in [3.05, 3.63) is 47.8 Å². The van der Waals surface area contributed by atoms with E-state index in [1.54, 1.807) is 30.5 Å². The number of nitriles is 1. The number of nitrogens with zero attached hydrogens (tertiary/aromatic N) is 3. The third kappa shape index (κ3) is 4.48. The molecule has 0 saturated heterocycles. The predicted molar refractivity (Wildman–Crippen MR) is 93.9 cm³/mol. The van der Waals surface area contributed by atoms with Crippen molar-refractivity contribution >= 4 is 5.91 Å². The van der Waals surface area contributed by atoms with Gasteiger partial charge in [-0.15, -0.1) is 0 Å². The van der Waals surface area contributed by atoms with Crippen molar-refractivity contribution in [2.24, 2.45) is 0 Å². The summed E-state index contributed by atoms with van der Waals surface area (Å²) in [6, 6.07) is 8.86. The van der Waals surface area contributed by atoms with Gasteiger partial charge in [0.05, 0.1) is 31.1 Å². The lowest BCUT2D eigenvalue weighted by Gasteiger charge is -2.29. The first kappa shape index (κ1) is 17.7. The molecular weight excluding hydrogens is 332 g/mol. The first-order valence-electron chi connectivity index (χ1n) is 8.51. The summed E-state index contributed by atoms with van der Waals surface area (Å²) in [6.07, 6.45) is 6.44. The second-order valence-electron chi connectivity index (χ2n) is 6.16. The third-order valence-electron chi connectivity index (χ3n) is 4.35. The fraction of sp³-hybridized carbons (Fsp3) is 0.368. The van der Waals surface area contributed by atoms with Crippen molar-refractivity contribution in [3.63, 3.8) is 0 Å². The molecule has 26 heavy (non-hydrogen) atoms. The van der Waals surface area contributed by atoms with Gasteiger partial charge >= 0.3 is 0 Å². The Kier molecular flexibility index (Phi) is 5.64. The van der Waals surface area contributed by atoms with E-state index in [0.29, 0.717) is 22.9 Å². The van der Waals surface area contributed by atoms with Gasteiger partial charge < -0.3 is 14.8 Å². The number of methoxy groups -OCH3 is 1. The minimum atomic E-state index is -0.148. The van der Waals surface area contributed by atoms with Crippen LogP contribution in [-0.4, -0.2) is 35.1 Å². The molecule has 0 spiro atoms. The lowest BCUT2D eigenvalue weighted by atomic mass is 9.92. The van der Waals surface area contributed by atoms with E-state index >= 15 is 0 Å². The van der Waals surface area contributed by atoms with Crippen molar-refractivity contribution in [1.29, 1.82) is 5.26 Å². The molecule has 3 rings (SSSR count). The molecule has 1 saturated carbocycles. The maximum absolute atomic E-state index is 12.3. The Hall–Kier alpha value is -3.14. The largest absolute Gasteiger partial charge is 0.480 e. The van der Waals surface area contributed by atoms with Crippen molar-refractivity contribution in [3.8, 4) is 17.8 Å².